The number of amides is 1. The van der Waals surface area contributed by atoms with Crippen molar-refractivity contribution in [2.75, 3.05) is 5.32 Å². The highest BCUT2D eigenvalue weighted by Crippen LogP contribution is 2.28. The van der Waals surface area contributed by atoms with Gasteiger partial charge in [-0.1, -0.05) is 41.2 Å². The molecular formula is C16H13N3O3S. The Bertz CT molecular complexity index is 887. The maximum absolute atomic E-state index is 12.1. The molecule has 7 heteroatoms. The number of carbonyl (C=O) groups is 1. The number of non-ortho nitro benzene ring substituents is 1. The number of fused-ring (bicyclic) bond motifs is 1. The van der Waals surface area contributed by atoms with Crippen LogP contribution in [0.4, 0.5) is 10.8 Å². The predicted octanol–water partition coefficient (Wildman–Crippen LogP) is 3.69. The fourth-order valence-electron chi connectivity index (χ4n) is 2.14. The zero-order valence-electron chi connectivity index (χ0n) is 12.3. The van der Waals surface area contributed by atoms with E-state index in [9.17, 15) is 14.9 Å². The van der Waals surface area contributed by atoms with Crippen LogP contribution in [0.1, 0.15) is 11.1 Å². The lowest BCUT2D eigenvalue weighted by atomic mass is 10.1. The number of nitro benzene ring substituents is 1. The summed E-state index contributed by atoms with van der Waals surface area (Å²) in [6.45, 7) is 1.99. The monoisotopic (exact) mass is 327 g/mol. The number of nitro groups is 1. The lowest BCUT2D eigenvalue weighted by molar-refractivity contribution is -0.384. The maximum atomic E-state index is 12.1. The first-order valence-electron chi connectivity index (χ1n) is 6.91. The highest BCUT2D eigenvalue weighted by atomic mass is 32.1. The molecule has 1 aromatic heterocycles. The Morgan fingerprint density at radius 3 is 2.70 bits per heavy atom. The van der Waals surface area contributed by atoms with E-state index >= 15 is 0 Å². The molecule has 0 aliphatic carbocycles. The smallest absolute Gasteiger partial charge is 0.271 e. The minimum atomic E-state index is -0.464. The van der Waals surface area contributed by atoms with Gasteiger partial charge in [-0.05, 0) is 18.6 Å². The van der Waals surface area contributed by atoms with Crippen molar-refractivity contribution in [3.8, 4) is 0 Å². The Kier molecular flexibility index (Phi) is 4.03. The fourth-order valence-corrected chi connectivity index (χ4v) is 3.00. The molecule has 1 amide bonds. The summed E-state index contributed by atoms with van der Waals surface area (Å²) >= 11 is 1.29. The van der Waals surface area contributed by atoms with Gasteiger partial charge in [0.2, 0.25) is 5.91 Å². The third kappa shape index (κ3) is 3.51. The standard InChI is InChI=1S/C16H13N3O3S/c1-10-2-4-11(5-3-10)8-15(20)18-16-17-13-9-12(19(21)22)6-7-14(13)23-16/h2-7,9H,8H2,1H3,(H,17,18,20). The van der Waals surface area contributed by atoms with Crippen LogP contribution >= 0.6 is 11.3 Å². The highest BCUT2D eigenvalue weighted by Gasteiger charge is 2.12. The second kappa shape index (κ2) is 6.13. The van der Waals surface area contributed by atoms with Crippen LogP contribution in [0.2, 0.25) is 0 Å². The van der Waals surface area contributed by atoms with Gasteiger partial charge in [0.25, 0.3) is 5.69 Å². The summed E-state index contributed by atoms with van der Waals surface area (Å²) in [6, 6.07) is 12.2. The van der Waals surface area contributed by atoms with Crippen molar-refractivity contribution in [2.45, 2.75) is 13.3 Å². The molecule has 1 heterocycles. The number of rotatable bonds is 4. The fraction of sp³-hybridized carbons (Fsp3) is 0.125. The largest absolute Gasteiger partial charge is 0.302 e. The van der Waals surface area contributed by atoms with Crippen LogP contribution in [0.25, 0.3) is 10.2 Å². The zero-order chi connectivity index (χ0) is 16.4. The van der Waals surface area contributed by atoms with E-state index in [2.05, 4.69) is 10.3 Å². The van der Waals surface area contributed by atoms with E-state index in [0.29, 0.717) is 10.6 Å². The third-order valence-electron chi connectivity index (χ3n) is 3.31. The number of thiazole rings is 1. The summed E-state index contributed by atoms with van der Waals surface area (Å²) in [6.07, 6.45) is 0.260. The van der Waals surface area contributed by atoms with E-state index in [0.717, 1.165) is 15.8 Å². The van der Waals surface area contributed by atoms with Crippen molar-refractivity contribution in [3.05, 3.63) is 63.7 Å². The number of hydrogen-bond donors (Lipinski definition) is 1. The lowest BCUT2D eigenvalue weighted by Crippen LogP contribution is -2.14. The second-order valence-electron chi connectivity index (χ2n) is 5.14. The Balaban J connectivity index is 1.74. The van der Waals surface area contributed by atoms with Crippen molar-refractivity contribution in [2.24, 2.45) is 0 Å². The van der Waals surface area contributed by atoms with Gasteiger partial charge in [0.15, 0.2) is 5.13 Å². The quantitative estimate of drug-likeness (QED) is 0.585. The number of aromatic nitrogens is 1. The average molecular weight is 327 g/mol. The summed E-state index contributed by atoms with van der Waals surface area (Å²) in [7, 11) is 0. The molecule has 0 radical (unpaired) electrons. The van der Waals surface area contributed by atoms with Crippen LogP contribution in [0.5, 0.6) is 0 Å². The predicted molar refractivity (Wildman–Crippen MR) is 89.8 cm³/mol. The van der Waals surface area contributed by atoms with Gasteiger partial charge in [-0.3, -0.25) is 14.9 Å². The number of aryl methyl sites for hydroxylation is 1. The van der Waals surface area contributed by atoms with Crippen LogP contribution in [-0.4, -0.2) is 15.8 Å². The van der Waals surface area contributed by atoms with E-state index in [1.54, 1.807) is 6.07 Å². The minimum absolute atomic E-state index is 0.0136. The molecule has 3 aromatic rings. The minimum Gasteiger partial charge on any atom is -0.302 e. The van der Waals surface area contributed by atoms with Crippen LogP contribution in [0.3, 0.4) is 0 Å². The molecule has 0 spiro atoms. The van der Waals surface area contributed by atoms with Crippen molar-refractivity contribution in [3.63, 3.8) is 0 Å². The van der Waals surface area contributed by atoms with E-state index < -0.39 is 4.92 Å². The van der Waals surface area contributed by atoms with Crippen molar-refractivity contribution >= 4 is 38.3 Å². The second-order valence-corrected chi connectivity index (χ2v) is 6.17. The van der Waals surface area contributed by atoms with Crippen molar-refractivity contribution < 1.29 is 9.72 Å². The molecule has 0 bridgehead atoms. The van der Waals surface area contributed by atoms with Gasteiger partial charge >= 0.3 is 0 Å². The number of hydrogen-bond acceptors (Lipinski definition) is 5. The van der Waals surface area contributed by atoms with Crippen molar-refractivity contribution in [1.29, 1.82) is 0 Å². The van der Waals surface area contributed by atoms with Gasteiger partial charge in [-0.2, -0.15) is 0 Å². The van der Waals surface area contributed by atoms with E-state index in [4.69, 9.17) is 0 Å². The molecule has 0 saturated heterocycles. The normalized spacial score (nSPS) is 10.7. The molecule has 0 aliphatic heterocycles. The summed E-state index contributed by atoms with van der Waals surface area (Å²) in [5, 5.41) is 14.0. The Hall–Kier alpha value is -2.80. The number of benzene rings is 2. The SMILES string of the molecule is Cc1ccc(CC(=O)Nc2nc3cc([N+](=O)[O-])ccc3s2)cc1. The summed E-state index contributed by atoms with van der Waals surface area (Å²) in [4.78, 5) is 26.6. The average Bonchev–Trinajstić information content (AvgIpc) is 2.90. The molecule has 2 aromatic carbocycles. The van der Waals surface area contributed by atoms with Crippen LogP contribution < -0.4 is 5.32 Å². The van der Waals surface area contributed by atoms with Gasteiger partial charge < -0.3 is 5.32 Å². The van der Waals surface area contributed by atoms with Crippen LogP contribution in [-0.2, 0) is 11.2 Å². The summed E-state index contributed by atoms with van der Waals surface area (Å²) in [5.41, 5.74) is 2.56. The Morgan fingerprint density at radius 2 is 2.00 bits per heavy atom. The number of anilines is 1. The molecule has 116 valence electrons. The first kappa shape index (κ1) is 15.1. The van der Waals surface area contributed by atoms with E-state index in [-0.39, 0.29) is 18.0 Å². The highest BCUT2D eigenvalue weighted by molar-refractivity contribution is 7.22. The zero-order valence-corrected chi connectivity index (χ0v) is 13.1. The molecule has 6 nitrogen and oxygen atoms in total. The Morgan fingerprint density at radius 1 is 1.26 bits per heavy atom. The molecule has 23 heavy (non-hydrogen) atoms. The topological polar surface area (TPSA) is 85.1 Å². The molecule has 0 aliphatic rings. The molecule has 0 atom stereocenters. The number of nitrogens with one attached hydrogen (secondary N) is 1. The van der Waals surface area contributed by atoms with Gasteiger partial charge in [0.1, 0.15) is 0 Å². The lowest BCUT2D eigenvalue weighted by Gasteiger charge is -2.02. The first-order chi connectivity index (χ1) is 11.0. The summed E-state index contributed by atoms with van der Waals surface area (Å²) in [5.74, 6) is -0.164. The van der Waals surface area contributed by atoms with E-state index in [1.165, 1.54) is 23.5 Å². The number of nitrogens with zero attached hydrogens (tertiary/aromatic N) is 2. The summed E-state index contributed by atoms with van der Waals surface area (Å²) < 4.78 is 0.793. The molecule has 3 rings (SSSR count). The molecule has 0 unspecified atom stereocenters. The molecule has 0 saturated carbocycles. The van der Waals surface area contributed by atoms with Crippen molar-refractivity contribution in [1.82, 2.24) is 4.98 Å². The van der Waals surface area contributed by atoms with E-state index in [1.807, 2.05) is 31.2 Å². The van der Waals surface area contributed by atoms with Crippen LogP contribution in [0.15, 0.2) is 42.5 Å². The maximum Gasteiger partial charge on any atom is 0.271 e. The molecule has 0 fully saturated rings. The Labute approximate surface area is 135 Å². The third-order valence-corrected chi connectivity index (χ3v) is 4.27. The van der Waals surface area contributed by atoms with Crippen LogP contribution in [0, 0.1) is 17.0 Å². The van der Waals surface area contributed by atoms with Gasteiger partial charge in [0, 0.05) is 12.1 Å². The molecule has 1 N–H and O–H groups in total. The van der Waals surface area contributed by atoms with Gasteiger partial charge in [0.05, 0.1) is 21.6 Å². The van der Waals surface area contributed by atoms with Gasteiger partial charge in [-0.15, -0.1) is 0 Å². The van der Waals surface area contributed by atoms with Gasteiger partial charge in [-0.25, -0.2) is 4.98 Å². The first-order valence-corrected chi connectivity index (χ1v) is 7.73. The molecular weight excluding hydrogens is 314 g/mol. The number of carbonyl (C=O) groups excluding carboxylic acids is 1.